The van der Waals surface area contributed by atoms with Crippen LogP contribution in [-0.4, -0.2) is 17.2 Å². The quantitative estimate of drug-likeness (QED) is 0.470. The lowest BCUT2D eigenvalue weighted by atomic mass is 9.77. The zero-order valence-corrected chi connectivity index (χ0v) is 16.2. The molecule has 3 aromatic carbocycles. The van der Waals surface area contributed by atoms with E-state index in [1.165, 1.54) is 0 Å². The SMILES string of the molecule is CC1(C)C(=O)OC(c2cc3ccccc3o2)=C(c2cccc3ccccc23)C1O. The molecule has 1 N–H and O–H groups in total. The van der Waals surface area contributed by atoms with Gasteiger partial charge in [0, 0.05) is 11.0 Å². The molecule has 1 unspecified atom stereocenters. The average Bonchev–Trinajstić information content (AvgIpc) is 3.16. The zero-order chi connectivity index (χ0) is 20.2. The average molecular weight is 384 g/mol. The topological polar surface area (TPSA) is 59.7 Å². The standard InChI is InChI=1S/C25H20O4/c1-25(2)23(26)21(18-12-7-10-15-8-3-5-11-17(15)18)22(29-24(25)27)20-14-16-9-4-6-13-19(16)28-20/h3-14,23,26H,1-2H3. The van der Waals surface area contributed by atoms with Gasteiger partial charge in [-0.05, 0) is 42.3 Å². The molecule has 4 heteroatoms. The molecule has 29 heavy (non-hydrogen) atoms. The van der Waals surface area contributed by atoms with Gasteiger partial charge in [0.1, 0.15) is 5.58 Å². The summed E-state index contributed by atoms with van der Waals surface area (Å²) >= 11 is 0. The van der Waals surface area contributed by atoms with Crippen molar-refractivity contribution in [3.05, 3.63) is 84.1 Å². The highest BCUT2D eigenvalue weighted by Crippen LogP contribution is 2.45. The summed E-state index contributed by atoms with van der Waals surface area (Å²) in [6, 6.07) is 23.3. The van der Waals surface area contributed by atoms with E-state index in [2.05, 4.69) is 0 Å². The smallest absolute Gasteiger partial charge is 0.320 e. The number of esters is 1. The second-order valence-corrected chi connectivity index (χ2v) is 7.93. The van der Waals surface area contributed by atoms with E-state index in [1.54, 1.807) is 13.8 Å². The molecule has 0 amide bonds. The maximum absolute atomic E-state index is 12.7. The predicted octanol–water partition coefficient (Wildman–Crippen LogP) is 5.40. The van der Waals surface area contributed by atoms with Crippen LogP contribution in [0.3, 0.4) is 0 Å². The van der Waals surface area contributed by atoms with Gasteiger partial charge in [0.25, 0.3) is 0 Å². The van der Waals surface area contributed by atoms with E-state index in [0.29, 0.717) is 16.9 Å². The minimum atomic E-state index is -1.08. The lowest BCUT2D eigenvalue weighted by molar-refractivity contribution is -0.152. The molecular formula is C25H20O4. The Morgan fingerprint density at radius 2 is 1.59 bits per heavy atom. The number of carbonyl (C=O) groups excluding carboxylic acids is 1. The van der Waals surface area contributed by atoms with Gasteiger partial charge in [0.2, 0.25) is 0 Å². The van der Waals surface area contributed by atoms with E-state index in [0.717, 1.165) is 21.7 Å². The van der Waals surface area contributed by atoms with Crippen LogP contribution in [0.2, 0.25) is 0 Å². The van der Waals surface area contributed by atoms with Crippen LogP contribution in [0, 0.1) is 5.41 Å². The van der Waals surface area contributed by atoms with Crippen LogP contribution < -0.4 is 0 Å². The van der Waals surface area contributed by atoms with Crippen molar-refractivity contribution in [2.24, 2.45) is 5.41 Å². The van der Waals surface area contributed by atoms with Crippen LogP contribution in [0.5, 0.6) is 0 Å². The Balaban J connectivity index is 1.84. The summed E-state index contributed by atoms with van der Waals surface area (Å²) in [6.45, 7) is 3.39. The van der Waals surface area contributed by atoms with Gasteiger partial charge in [-0.25, -0.2) is 0 Å². The lowest BCUT2D eigenvalue weighted by Gasteiger charge is -2.36. The van der Waals surface area contributed by atoms with Crippen LogP contribution in [0.1, 0.15) is 25.2 Å². The first-order valence-corrected chi connectivity index (χ1v) is 9.58. The molecule has 1 aliphatic heterocycles. The van der Waals surface area contributed by atoms with Crippen molar-refractivity contribution in [1.29, 1.82) is 0 Å². The molecule has 4 nitrogen and oxygen atoms in total. The van der Waals surface area contributed by atoms with Crippen molar-refractivity contribution >= 4 is 39.0 Å². The van der Waals surface area contributed by atoms with Crippen molar-refractivity contribution in [3.8, 4) is 0 Å². The third kappa shape index (κ3) is 2.68. The highest BCUT2D eigenvalue weighted by Gasteiger charge is 2.47. The van der Waals surface area contributed by atoms with E-state index < -0.39 is 17.5 Å². The van der Waals surface area contributed by atoms with Crippen molar-refractivity contribution < 1.29 is 19.1 Å². The monoisotopic (exact) mass is 384 g/mol. The normalized spacial score (nSPS) is 19.0. The first-order valence-electron chi connectivity index (χ1n) is 9.58. The lowest BCUT2D eigenvalue weighted by Crippen LogP contribution is -2.43. The van der Waals surface area contributed by atoms with Gasteiger partial charge in [-0.15, -0.1) is 0 Å². The van der Waals surface area contributed by atoms with E-state index >= 15 is 0 Å². The molecule has 0 fully saturated rings. The number of fused-ring (bicyclic) bond motifs is 2. The number of carbonyl (C=O) groups is 1. The predicted molar refractivity (Wildman–Crippen MR) is 113 cm³/mol. The molecule has 4 aromatic rings. The summed E-state index contributed by atoms with van der Waals surface area (Å²) in [5, 5.41) is 14.2. The van der Waals surface area contributed by atoms with E-state index in [9.17, 15) is 9.90 Å². The number of aliphatic hydroxyl groups is 1. The third-order valence-corrected chi connectivity index (χ3v) is 5.65. The Labute approximate surface area is 168 Å². The number of hydrogen-bond donors (Lipinski definition) is 1. The number of furan rings is 1. The van der Waals surface area contributed by atoms with Gasteiger partial charge in [-0.2, -0.15) is 0 Å². The van der Waals surface area contributed by atoms with Crippen LogP contribution in [0.4, 0.5) is 0 Å². The molecule has 0 saturated heterocycles. The molecule has 144 valence electrons. The van der Waals surface area contributed by atoms with E-state index in [4.69, 9.17) is 9.15 Å². The largest absolute Gasteiger partial charge is 0.453 e. The fraction of sp³-hybridized carbons (Fsp3) is 0.160. The Bertz CT molecular complexity index is 1250. The van der Waals surface area contributed by atoms with Gasteiger partial charge >= 0.3 is 5.97 Å². The molecule has 0 saturated carbocycles. The van der Waals surface area contributed by atoms with Crippen LogP contribution in [0.15, 0.2) is 77.2 Å². The number of hydrogen-bond acceptors (Lipinski definition) is 4. The van der Waals surface area contributed by atoms with Crippen LogP contribution in [-0.2, 0) is 9.53 Å². The summed E-state index contributed by atoms with van der Waals surface area (Å²) < 4.78 is 11.8. The van der Waals surface area contributed by atoms with Gasteiger partial charge in [0.15, 0.2) is 11.5 Å². The Hall–Kier alpha value is -3.37. The molecule has 1 aliphatic rings. The summed E-state index contributed by atoms with van der Waals surface area (Å²) in [6.07, 6.45) is -1.04. The molecule has 1 aromatic heterocycles. The summed E-state index contributed by atoms with van der Waals surface area (Å²) in [7, 11) is 0. The van der Waals surface area contributed by atoms with Crippen LogP contribution in [0.25, 0.3) is 33.1 Å². The summed E-state index contributed by atoms with van der Waals surface area (Å²) in [5.41, 5.74) is 1.00. The number of cyclic esters (lactones) is 1. The molecule has 1 atom stereocenters. The number of aliphatic hydroxyl groups excluding tert-OH is 1. The fourth-order valence-electron chi connectivity index (χ4n) is 3.88. The minimum Gasteiger partial charge on any atom is -0.453 e. The molecule has 2 heterocycles. The molecule has 0 aliphatic carbocycles. The number of rotatable bonds is 2. The first-order chi connectivity index (χ1) is 14.0. The van der Waals surface area contributed by atoms with Gasteiger partial charge in [-0.3, -0.25) is 4.79 Å². The Kier molecular flexibility index (Phi) is 3.86. The molecule has 0 bridgehead atoms. The molecule has 0 radical (unpaired) electrons. The second kappa shape index (κ2) is 6.33. The Morgan fingerprint density at radius 3 is 2.38 bits per heavy atom. The minimum absolute atomic E-state index is 0.273. The number of benzene rings is 3. The second-order valence-electron chi connectivity index (χ2n) is 7.93. The number of para-hydroxylation sites is 1. The van der Waals surface area contributed by atoms with E-state index in [1.807, 2.05) is 72.8 Å². The highest BCUT2D eigenvalue weighted by atomic mass is 16.6. The summed E-state index contributed by atoms with van der Waals surface area (Å²) in [5.74, 6) is 0.218. The highest BCUT2D eigenvalue weighted by molar-refractivity contribution is 6.06. The zero-order valence-electron chi connectivity index (χ0n) is 16.2. The first kappa shape index (κ1) is 17.7. The van der Waals surface area contributed by atoms with Gasteiger partial charge < -0.3 is 14.3 Å². The van der Waals surface area contributed by atoms with Crippen molar-refractivity contribution in [3.63, 3.8) is 0 Å². The molecule has 5 rings (SSSR count). The van der Waals surface area contributed by atoms with Crippen molar-refractivity contribution in [2.75, 3.05) is 0 Å². The molecule has 0 spiro atoms. The van der Waals surface area contributed by atoms with Gasteiger partial charge in [0.05, 0.1) is 11.5 Å². The van der Waals surface area contributed by atoms with E-state index in [-0.39, 0.29) is 5.76 Å². The molecular weight excluding hydrogens is 364 g/mol. The third-order valence-electron chi connectivity index (χ3n) is 5.65. The fourth-order valence-corrected chi connectivity index (χ4v) is 3.88. The van der Waals surface area contributed by atoms with Crippen molar-refractivity contribution in [1.82, 2.24) is 0 Å². The Morgan fingerprint density at radius 1 is 0.897 bits per heavy atom. The van der Waals surface area contributed by atoms with Gasteiger partial charge in [-0.1, -0.05) is 60.7 Å². The van der Waals surface area contributed by atoms with Crippen molar-refractivity contribution in [2.45, 2.75) is 20.0 Å². The summed E-state index contributed by atoms with van der Waals surface area (Å²) in [4.78, 5) is 12.7. The number of ether oxygens (including phenoxy) is 1. The maximum atomic E-state index is 12.7. The van der Waals surface area contributed by atoms with Crippen LogP contribution >= 0.6 is 0 Å². The maximum Gasteiger partial charge on any atom is 0.320 e.